The quantitative estimate of drug-likeness (QED) is 0.892. The molecule has 0 amide bonds. The third-order valence-electron chi connectivity index (χ3n) is 3.97. The number of nitrogens with zero attached hydrogens (tertiary/aromatic N) is 3. The summed E-state index contributed by atoms with van der Waals surface area (Å²) in [6.07, 6.45) is 4.87. The van der Waals surface area contributed by atoms with Crippen molar-refractivity contribution in [3.63, 3.8) is 0 Å². The summed E-state index contributed by atoms with van der Waals surface area (Å²) in [5.74, 6) is 2.56. The average Bonchev–Trinajstić information content (AvgIpc) is 2.74. The van der Waals surface area contributed by atoms with Crippen LogP contribution < -0.4 is 5.32 Å². The molecule has 2 heterocycles. The fraction of sp³-hybridized carbons (Fsp3) is 0.857. The molecule has 0 bridgehead atoms. The first kappa shape index (κ1) is 13.5. The van der Waals surface area contributed by atoms with E-state index < -0.39 is 0 Å². The molecule has 0 spiro atoms. The molecule has 1 aromatic rings. The molecule has 1 N–H and O–H groups in total. The van der Waals surface area contributed by atoms with Crippen LogP contribution in [0.4, 0.5) is 0 Å². The van der Waals surface area contributed by atoms with Gasteiger partial charge in [0.25, 0.3) is 0 Å². The van der Waals surface area contributed by atoms with Crippen molar-refractivity contribution in [1.29, 1.82) is 0 Å². The van der Waals surface area contributed by atoms with Crippen molar-refractivity contribution in [3.8, 4) is 0 Å². The number of aryl methyl sites for hydroxylation is 1. The van der Waals surface area contributed by atoms with Crippen molar-refractivity contribution in [2.75, 3.05) is 13.1 Å². The minimum atomic E-state index is 0.196. The normalized spacial score (nSPS) is 24.7. The van der Waals surface area contributed by atoms with Gasteiger partial charge in [-0.05, 0) is 25.8 Å². The zero-order chi connectivity index (χ0) is 13.2. The molecular weight excluding hydrogens is 224 g/mol. The van der Waals surface area contributed by atoms with E-state index in [1.165, 1.54) is 31.5 Å². The fourth-order valence-electron chi connectivity index (χ4n) is 3.07. The van der Waals surface area contributed by atoms with Crippen LogP contribution in [0.1, 0.15) is 64.0 Å². The highest BCUT2D eigenvalue weighted by Gasteiger charge is 2.37. The van der Waals surface area contributed by atoms with Gasteiger partial charge in [-0.2, -0.15) is 5.10 Å². The topological polar surface area (TPSA) is 42.7 Å². The summed E-state index contributed by atoms with van der Waals surface area (Å²) in [6, 6.07) is 0. The highest BCUT2D eigenvalue weighted by Crippen LogP contribution is 2.34. The van der Waals surface area contributed by atoms with Crippen LogP contribution in [0, 0.1) is 0 Å². The van der Waals surface area contributed by atoms with Crippen LogP contribution in [0.25, 0.3) is 0 Å². The lowest BCUT2D eigenvalue weighted by Gasteiger charge is -2.36. The maximum Gasteiger partial charge on any atom is 0.153 e. The summed E-state index contributed by atoms with van der Waals surface area (Å²) in [4.78, 5) is 4.84. The van der Waals surface area contributed by atoms with Gasteiger partial charge >= 0.3 is 0 Å². The van der Waals surface area contributed by atoms with Crippen LogP contribution >= 0.6 is 0 Å². The van der Waals surface area contributed by atoms with Crippen LogP contribution in [0.3, 0.4) is 0 Å². The van der Waals surface area contributed by atoms with E-state index in [0.717, 1.165) is 18.9 Å². The summed E-state index contributed by atoms with van der Waals surface area (Å²) < 4.78 is 2.01. The van der Waals surface area contributed by atoms with Crippen LogP contribution in [0.15, 0.2) is 0 Å². The predicted molar refractivity (Wildman–Crippen MR) is 73.8 cm³/mol. The van der Waals surface area contributed by atoms with E-state index in [4.69, 9.17) is 4.98 Å². The molecule has 1 fully saturated rings. The first-order chi connectivity index (χ1) is 8.59. The number of aromatic nitrogens is 3. The summed E-state index contributed by atoms with van der Waals surface area (Å²) in [5, 5.41) is 8.13. The molecule has 1 aromatic heterocycles. The summed E-state index contributed by atoms with van der Waals surface area (Å²) in [7, 11) is 2.04. The van der Waals surface area contributed by atoms with E-state index in [9.17, 15) is 0 Å². The van der Waals surface area contributed by atoms with Gasteiger partial charge in [0.05, 0.1) is 0 Å². The molecule has 4 nitrogen and oxygen atoms in total. The highest BCUT2D eigenvalue weighted by molar-refractivity contribution is 5.13. The van der Waals surface area contributed by atoms with Gasteiger partial charge in [-0.25, -0.2) is 4.98 Å². The molecule has 0 aliphatic carbocycles. The summed E-state index contributed by atoms with van der Waals surface area (Å²) >= 11 is 0. The second-order valence-electron chi connectivity index (χ2n) is 5.88. The Kier molecular flexibility index (Phi) is 4.05. The molecule has 2 rings (SSSR count). The lowest BCUT2D eigenvalue weighted by Crippen LogP contribution is -2.45. The lowest BCUT2D eigenvalue weighted by atomic mass is 9.76. The summed E-state index contributed by atoms with van der Waals surface area (Å²) in [6.45, 7) is 8.76. The lowest BCUT2D eigenvalue weighted by molar-refractivity contribution is 0.267. The van der Waals surface area contributed by atoms with Gasteiger partial charge in [0.15, 0.2) is 5.82 Å². The van der Waals surface area contributed by atoms with Crippen LogP contribution in [-0.2, 0) is 12.5 Å². The third-order valence-corrected chi connectivity index (χ3v) is 3.97. The molecule has 0 saturated carbocycles. The molecule has 1 unspecified atom stereocenters. The van der Waals surface area contributed by atoms with Gasteiger partial charge < -0.3 is 5.32 Å². The van der Waals surface area contributed by atoms with Crippen molar-refractivity contribution in [2.45, 2.75) is 57.8 Å². The monoisotopic (exact) mass is 250 g/mol. The Bertz CT molecular complexity index is 383. The van der Waals surface area contributed by atoms with Crippen molar-refractivity contribution < 1.29 is 0 Å². The predicted octanol–water partition coefficient (Wildman–Crippen LogP) is 2.36. The number of hydrogen-bond donors (Lipinski definition) is 1. The number of piperidine rings is 1. The Morgan fingerprint density at radius 2 is 2.22 bits per heavy atom. The minimum Gasteiger partial charge on any atom is -0.316 e. The average molecular weight is 250 g/mol. The first-order valence-electron chi connectivity index (χ1n) is 7.21. The molecule has 18 heavy (non-hydrogen) atoms. The van der Waals surface area contributed by atoms with Gasteiger partial charge in [-0.1, -0.05) is 27.2 Å². The molecular formula is C14H26N4. The fourth-order valence-corrected chi connectivity index (χ4v) is 3.07. The third kappa shape index (κ3) is 2.44. The Balaban J connectivity index is 2.35. The van der Waals surface area contributed by atoms with E-state index in [1.54, 1.807) is 0 Å². The highest BCUT2D eigenvalue weighted by atomic mass is 15.3. The van der Waals surface area contributed by atoms with E-state index in [0.29, 0.717) is 5.92 Å². The molecule has 4 heteroatoms. The van der Waals surface area contributed by atoms with E-state index in [-0.39, 0.29) is 5.41 Å². The Morgan fingerprint density at radius 3 is 2.72 bits per heavy atom. The number of rotatable bonds is 4. The SMILES string of the molecule is CCCC1(c2nc(C(C)C)nn2C)CCCNC1. The maximum atomic E-state index is 4.84. The minimum absolute atomic E-state index is 0.196. The molecule has 102 valence electrons. The van der Waals surface area contributed by atoms with Crippen LogP contribution in [0.2, 0.25) is 0 Å². The van der Waals surface area contributed by atoms with Crippen molar-refractivity contribution in [1.82, 2.24) is 20.1 Å². The van der Waals surface area contributed by atoms with Crippen molar-refractivity contribution in [3.05, 3.63) is 11.6 Å². The van der Waals surface area contributed by atoms with E-state index in [2.05, 4.69) is 31.2 Å². The molecule has 1 atom stereocenters. The van der Waals surface area contributed by atoms with Crippen LogP contribution in [0.5, 0.6) is 0 Å². The second-order valence-corrected chi connectivity index (χ2v) is 5.88. The standard InChI is InChI=1S/C14H26N4/c1-5-7-14(8-6-9-15-10-14)13-16-12(11(2)3)17-18(13)4/h11,15H,5-10H2,1-4H3. The first-order valence-corrected chi connectivity index (χ1v) is 7.21. The van der Waals surface area contributed by atoms with Gasteiger partial charge in [-0.3, -0.25) is 4.68 Å². The number of nitrogens with one attached hydrogen (secondary N) is 1. The zero-order valence-electron chi connectivity index (χ0n) is 12.2. The Hall–Kier alpha value is -0.900. The van der Waals surface area contributed by atoms with Gasteiger partial charge in [0.2, 0.25) is 0 Å². The van der Waals surface area contributed by atoms with Crippen molar-refractivity contribution >= 4 is 0 Å². The van der Waals surface area contributed by atoms with Gasteiger partial charge in [0.1, 0.15) is 5.82 Å². The number of hydrogen-bond acceptors (Lipinski definition) is 3. The summed E-state index contributed by atoms with van der Waals surface area (Å²) in [5.41, 5.74) is 0.196. The Morgan fingerprint density at radius 1 is 1.44 bits per heavy atom. The molecule has 1 aliphatic heterocycles. The smallest absolute Gasteiger partial charge is 0.153 e. The van der Waals surface area contributed by atoms with E-state index in [1.807, 2.05) is 11.7 Å². The zero-order valence-corrected chi connectivity index (χ0v) is 12.2. The largest absolute Gasteiger partial charge is 0.316 e. The molecule has 1 aliphatic rings. The maximum absolute atomic E-state index is 4.84. The van der Waals surface area contributed by atoms with Crippen molar-refractivity contribution in [2.24, 2.45) is 7.05 Å². The van der Waals surface area contributed by atoms with Gasteiger partial charge in [0, 0.05) is 24.9 Å². The van der Waals surface area contributed by atoms with E-state index >= 15 is 0 Å². The van der Waals surface area contributed by atoms with Crippen LogP contribution in [-0.4, -0.2) is 27.9 Å². The van der Waals surface area contributed by atoms with Gasteiger partial charge in [-0.15, -0.1) is 0 Å². The molecule has 0 aromatic carbocycles. The second kappa shape index (κ2) is 5.39. The molecule has 1 saturated heterocycles. The Labute approximate surface area is 110 Å². The molecule has 0 radical (unpaired) electrons.